The number of H-pyrrole nitrogens is 1. The van der Waals surface area contributed by atoms with Gasteiger partial charge in [0.25, 0.3) is 0 Å². The van der Waals surface area contributed by atoms with Crippen LogP contribution in [0.25, 0.3) is 0 Å². The maximum Gasteiger partial charge on any atom is 0.194 e. The van der Waals surface area contributed by atoms with E-state index in [4.69, 9.17) is 16.3 Å². The third-order valence-electron chi connectivity index (χ3n) is 3.91. The summed E-state index contributed by atoms with van der Waals surface area (Å²) in [5.41, 5.74) is 0.750. The third-order valence-corrected chi connectivity index (χ3v) is 7.06. The molecular formula is C15H16ClFN2O5S2. The lowest BCUT2D eigenvalue weighted by molar-refractivity contribution is 0.0214. The Bertz CT molecular complexity index is 1050. The van der Waals surface area contributed by atoms with Gasteiger partial charge in [-0.1, -0.05) is 17.7 Å². The van der Waals surface area contributed by atoms with Crippen LogP contribution >= 0.6 is 11.6 Å². The van der Waals surface area contributed by atoms with Crippen LogP contribution in [-0.2, 0) is 24.4 Å². The van der Waals surface area contributed by atoms with Gasteiger partial charge in [0.05, 0.1) is 28.3 Å². The number of imidazole rings is 1. The molecule has 1 unspecified atom stereocenters. The molecule has 0 bridgehead atoms. The van der Waals surface area contributed by atoms with Crippen molar-refractivity contribution < 1.29 is 26.0 Å². The lowest BCUT2D eigenvalue weighted by atomic mass is 10.1. The number of sulfone groups is 2. The van der Waals surface area contributed by atoms with Crippen LogP contribution in [0, 0.1) is 12.7 Å². The monoisotopic (exact) mass is 422 g/mol. The standard InChI is InChI=1S/C15H16ClFN2O5S2/c1-8-15(25(2,20)21)19-14(18-8)13(24-10-6-26(22,23)7-10)9-3-4-12(17)11(16)5-9/h3-5,10,13H,6-7H2,1-2H3,(H,18,19). The SMILES string of the molecule is Cc1[nH]c(C(OC2CS(=O)(=O)C2)c2ccc(F)c(Cl)c2)nc1S(C)(=O)=O. The Morgan fingerprint density at radius 1 is 1.38 bits per heavy atom. The van der Waals surface area contributed by atoms with E-state index in [2.05, 4.69) is 9.97 Å². The lowest BCUT2D eigenvalue weighted by Gasteiger charge is -2.30. The van der Waals surface area contributed by atoms with Crippen molar-refractivity contribution in [2.75, 3.05) is 17.8 Å². The molecule has 1 N–H and O–H groups in total. The number of rotatable bonds is 5. The van der Waals surface area contributed by atoms with Crippen LogP contribution in [0.5, 0.6) is 0 Å². The van der Waals surface area contributed by atoms with Crippen molar-refractivity contribution in [1.29, 1.82) is 0 Å². The summed E-state index contributed by atoms with van der Waals surface area (Å²) in [5.74, 6) is -0.726. The first-order valence-corrected chi connectivity index (χ1v) is 11.6. The summed E-state index contributed by atoms with van der Waals surface area (Å²) in [5, 5.41) is -0.264. The summed E-state index contributed by atoms with van der Waals surface area (Å²) in [4.78, 5) is 6.96. The van der Waals surface area contributed by atoms with Crippen molar-refractivity contribution in [1.82, 2.24) is 9.97 Å². The number of aryl methyl sites for hydroxylation is 1. The van der Waals surface area contributed by atoms with Crippen LogP contribution < -0.4 is 0 Å². The molecule has 2 aromatic rings. The molecular weight excluding hydrogens is 407 g/mol. The molecule has 7 nitrogen and oxygen atoms in total. The number of nitrogens with one attached hydrogen (secondary N) is 1. The number of hydrogen-bond donors (Lipinski definition) is 1. The quantitative estimate of drug-likeness (QED) is 0.787. The zero-order chi connectivity index (χ0) is 19.3. The van der Waals surface area contributed by atoms with Gasteiger partial charge in [0.1, 0.15) is 17.7 Å². The molecule has 1 aliphatic heterocycles. The first kappa shape index (κ1) is 19.3. The second-order valence-corrected chi connectivity index (χ2v) is 10.7. The molecule has 1 atom stereocenters. The van der Waals surface area contributed by atoms with Gasteiger partial charge in [0, 0.05) is 6.26 Å². The minimum absolute atomic E-state index is 0.129. The fourth-order valence-corrected chi connectivity index (χ4v) is 4.97. The second kappa shape index (κ2) is 6.59. The zero-order valence-electron chi connectivity index (χ0n) is 13.9. The summed E-state index contributed by atoms with van der Waals surface area (Å²) in [6.45, 7) is 1.55. The molecule has 1 aliphatic rings. The summed E-state index contributed by atoms with van der Waals surface area (Å²) in [6.07, 6.45) is -0.452. The minimum Gasteiger partial charge on any atom is -0.360 e. The molecule has 142 valence electrons. The number of halogens is 2. The number of aromatic amines is 1. The van der Waals surface area contributed by atoms with Crippen LogP contribution in [0.3, 0.4) is 0 Å². The molecule has 0 amide bonds. The fourth-order valence-electron chi connectivity index (χ4n) is 2.72. The molecule has 0 aliphatic carbocycles. The number of ether oxygens (including phenoxy) is 1. The van der Waals surface area contributed by atoms with Crippen molar-refractivity contribution in [2.24, 2.45) is 0 Å². The maximum atomic E-state index is 13.5. The molecule has 0 saturated carbocycles. The van der Waals surface area contributed by atoms with Crippen molar-refractivity contribution >= 4 is 31.3 Å². The van der Waals surface area contributed by atoms with Gasteiger partial charge < -0.3 is 9.72 Å². The van der Waals surface area contributed by atoms with Gasteiger partial charge >= 0.3 is 0 Å². The van der Waals surface area contributed by atoms with Crippen LogP contribution in [0.15, 0.2) is 23.2 Å². The Hall–Kier alpha value is -1.49. The summed E-state index contributed by atoms with van der Waals surface area (Å²) >= 11 is 5.83. The lowest BCUT2D eigenvalue weighted by Crippen LogP contribution is -2.44. The van der Waals surface area contributed by atoms with Gasteiger partial charge in [-0.25, -0.2) is 26.2 Å². The highest BCUT2D eigenvalue weighted by Gasteiger charge is 2.37. The smallest absolute Gasteiger partial charge is 0.194 e. The number of aromatic nitrogens is 2. The highest BCUT2D eigenvalue weighted by atomic mass is 35.5. The first-order chi connectivity index (χ1) is 12.0. The summed E-state index contributed by atoms with van der Waals surface area (Å²) in [7, 11) is -6.68. The van der Waals surface area contributed by atoms with E-state index in [-0.39, 0.29) is 27.4 Å². The second-order valence-electron chi connectivity index (χ2n) is 6.21. The van der Waals surface area contributed by atoms with Crippen LogP contribution in [0.1, 0.15) is 23.2 Å². The van der Waals surface area contributed by atoms with Crippen molar-refractivity contribution in [2.45, 2.75) is 24.2 Å². The van der Waals surface area contributed by atoms with Gasteiger partial charge in [-0.15, -0.1) is 0 Å². The minimum atomic E-state index is -3.56. The highest BCUT2D eigenvalue weighted by molar-refractivity contribution is 7.92. The first-order valence-electron chi connectivity index (χ1n) is 7.53. The van der Waals surface area contributed by atoms with E-state index in [1.54, 1.807) is 6.92 Å². The molecule has 1 aromatic carbocycles. The Balaban J connectivity index is 2.01. The van der Waals surface area contributed by atoms with Gasteiger partial charge in [-0.3, -0.25) is 0 Å². The van der Waals surface area contributed by atoms with E-state index in [0.29, 0.717) is 11.3 Å². The predicted octanol–water partition coefficient (Wildman–Crippen LogP) is 1.82. The highest BCUT2D eigenvalue weighted by Crippen LogP contribution is 2.32. The van der Waals surface area contributed by atoms with E-state index < -0.39 is 37.7 Å². The van der Waals surface area contributed by atoms with Gasteiger partial charge in [0.15, 0.2) is 24.7 Å². The zero-order valence-corrected chi connectivity index (χ0v) is 16.3. The Kier molecular flexibility index (Phi) is 4.89. The van der Waals surface area contributed by atoms with Gasteiger partial charge in [0.2, 0.25) is 0 Å². The molecule has 11 heteroatoms. The molecule has 0 radical (unpaired) electrons. The predicted molar refractivity (Wildman–Crippen MR) is 93.2 cm³/mol. The van der Waals surface area contributed by atoms with E-state index >= 15 is 0 Å². The van der Waals surface area contributed by atoms with Crippen LogP contribution in [-0.4, -0.2) is 50.7 Å². The molecule has 1 saturated heterocycles. The van der Waals surface area contributed by atoms with Crippen molar-refractivity contribution in [3.8, 4) is 0 Å². The summed E-state index contributed by atoms with van der Waals surface area (Å²) in [6, 6.07) is 3.92. The molecule has 3 rings (SSSR count). The number of nitrogens with zero attached hydrogens (tertiary/aromatic N) is 1. The molecule has 2 heterocycles. The Labute approximate surface area is 155 Å². The van der Waals surface area contributed by atoms with Crippen molar-refractivity contribution in [3.05, 3.63) is 46.1 Å². The van der Waals surface area contributed by atoms with Crippen molar-refractivity contribution in [3.63, 3.8) is 0 Å². The third kappa shape index (κ3) is 3.93. The normalized spacial score (nSPS) is 18.5. The van der Waals surface area contributed by atoms with Gasteiger partial charge in [-0.2, -0.15) is 0 Å². The van der Waals surface area contributed by atoms with Crippen LogP contribution in [0.2, 0.25) is 5.02 Å². The molecule has 1 aromatic heterocycles. The van der Waals surface area contributed by atoms with E-state index in [0.717, 1.165) is 12.3 Å². The summed E-state index contributed by atoms with van der Waals surface area (Å²) < 4.78 is 65.7. The molecule has 26 heavy (non-hydrogen) atoms. The molecule has 0 spiro atoms. The van der Waals surface area contributed by atoms with Gasteiger partial charge in [-0.05, 0) is 24.6 Å². The topological polar surface area (TPSA) is 106 Å². The Morgan fingerprint density at radius 3 is 2.54 bits per heavy atom. The van der Waals surface area contributed by atoms with Crippen LogP contribution in [0.4, 0.5) is 4.39 Å². The van der Waals surface area contributed by atoms with E-state index in [1.807, 2.05) is 0 Å². The Morgan fingerprint density at radius 2 is 2.04 bits per heavy atom. The maximum absolute atomic E-state index is 13.5. The van der Waals surface area contributed by atoms with E-state index in [9.17, 15) is 21.2 Å². The largest absolute Gasteiger partial charge is 0.360 e. The van der Waals surface area contributed by atoms with E-state index in [1.165, 1.54) is 12.1 Å². The number of benzene rings is 1. The average Bonchev–Trinajstić information content (AvgIpc) is 2.87. The number of hydrogen-bond acceptors (Lipinski definition) is 6. The average molecular weight is 423 g/mol. The fraction of sp³-hybridized carbons (Fsp3) is 0.400. The molecule has 1 fully saturated rings.